The third-order valence-corrected chi connectivity index (χ3v) is 2.47. The molecule has 0 spiro atoms. The average Bonchev–Trinajstić information content (AvgIpc) is 2.85. The van der Waals surface area contributed by atoms with Crippen LogP contribution in [0.2, 0.25) is 0 Å². The largest absolute Gasteiger partial charge is 0.357 e. The lowest BCUT2D eigenvalue weighted by Crippen LogP contribution is -2.38. The number of rotatable bonds is 7. The van der Waals surface area contributed by atoms with Gasteiger partial charge in [-0.2, -0.15) is 4.98 Å². The van der Waals surface area contributed by atoms with E-state index in [1.807, 2.05) is 13.8 Å². The van der Waals surface area contributed by atoms with Gasteiger partial charge in [-0.3, -0.25) is 4.99 Å². The van der Waals surface area contributed by atoms with Crippen LogP contribution in [0.25, 0.3) is 0 Å². The molecule has 2 N–H and O–H groups in total. The fourth-order valence-electron chi connectivity index (χ4n) is 1.46. The Bertz CT molecular complexity index is 392. The van der Waals surface area contributed by atoms with Crippen LogP contribution in [0.4, 0.5) is 0 Å². The standard InChI is InChI=1S/C13H25N5O.HI/c1-5-8-15-13(14-6-2)16-9-7-11-17-12(10(3)4)18-19-11;/h10H,5-9H2,1-4H3,(H2,14,15,16);1H. The van der Waals surface area contributed by atoms with E-state index in [0.717, 1.165) is 37.8 Å². The van der Waals surface area contributed by atoms with Crippen LogP contribution >= 0.6 is 24.0 Å². The molecular formula is C13H26IN5O. The van der Waals surface area contributed by atoms with Gasteiger partial charge in [-0.25, -0.2) is 0 Å². The smallest absolute Gasteiger partial charge is 0.228 e. The second-order valence-corrected chi connectivity index (χ2v) is 4.64. The molecule has 0 aliphatic rings. The molecule has 0 aromatic carbocycles. The van der Waals surface area contributed by atoms with E-state index in [0.29, 0.717) is 18.2 Å². The van der Waals surface area contributed by atoms with Crippen LogP contribution in [-0.4, -0.2) is 35.7 Å². The van der Waals surface area contributed by atoms with E-state index in [-0.39, 0.29) is 24.0 Å². The van der Waals surface area contributed by atoms with Gasteiger partial charge in [-0.1, -0.05) is 25.9 Å². The Hall–Kier alpha value is -0.860. The minimum absolute atomic E-state index is 0. The van der Waals surface area contributed by atoms with Crippen LogP contribution in [0.3, 0.4) is 0 Å². The summed E-state index contributed by atoms with van der Waals surface area (Å²) < 4.78 is 5.19. The predicted octanol–water partition coefficient (Wildman–Crippen LogP) is 2.32. The maximum absolute atomic E-state index is 5.19. The molecule has 0 fully saturated rings. The first-order chi connectivity index (χ1) is 9.17. The number of aliphatic imine (C=N–C) groups is 1. The molecule has 1 aromatic heterocycles. The normalized spacial score (nSPS) is 11.3. The molecule has 0 saturated heterocycles. The summed E-state index contributed by atoms with van der Waals surface area (Å²) in [4.78, 5) is 8.76. The fourth-order valence-corrected chi connectivity index (χ4v) is 1.46. The lowest BCUT2D eigenvalue weighted by Gasteiger charge is -2.09. The van der Waals surface area contributed by atoms with Crippen LogP contribution in [-0.2, 0) is 6.42 Å². The highest BCUT2D eigenvalue weighted by molar-refractivity contribution is 14.0. The van der Waals surface area contributed by atoms with Gasteiger partial charge in [0.15, 0.2) is 11.8 Å². The number of nitrogens with zero attached hydrogens (tertiary/aromatic N) is 3. The predicted molar refractivity (Wildman–Crippen MR) is 91.8 cm³/mol. The quantitative estimate of drug-likeness (QED) is 0.421. The summed E-state index contributed by atoms with van der Waals surface area (Å²) in [5.41, 5.74) is 0. The van der Waals surface area contributed by atoms with Crippen molar-refractivity contribution >= 4 is 29.9 Å². The Kier molecular flexibility index (Phi) is 10.4. The van der Waals surface area contributed by atoms with Gasteiger partial charge in [0.25, 0.3) is 0 Å². The lowest BCUT2D eigenvalue weighted by atomic mass is 10.2. The fraction of sp³-hybridized carbons (Fsp3) is 0.769. The zero-order chi connectivity index (χ0) is 14.1. The number of guanidine groups is 1. The molecular weight excluding hydrogens is 369 g/mol. The monoisotopic (exact) mass is 395 g/mol. The molecule has 1 aromatic rings. The van der Waals surface area contributed by atoms with Gasteiger partial charge in [0.1, 0.15) is 0 Å². The molecule has 0 unspecified atom stereocenters. The second-order valence-electron chi connectivity index (χ2n) is 4.64. The number of hydrogen-bond donors (Lipinski definition) is 2. The van der Waals surface area contributed by atoms with E-state index in [9.17, 15) is 0 Å². The Labute approximate surface area is 138 Å². The van der Waals surface area contributed by atoms with E-state index in [2.05, 4.69) is 39.6 Å². The molecule has 0 atom stereocenters. The summed E-state index contributed by atoms with van der Waals surface area (Å²) in [5.74, 6) is 2.57. The highest BCUT2D eigenvalue weighted by Gasteiger charge is 2.09. The number of halogens is 1. The van der Waals surface area contributed by atoms with Gasteiger partial charge in [0.2, 0.25) is 5.89 Å². The maximum atomic E-state index is 5.19. The summed E-state index contributed by atoms with van der Waals surface area (Å²) >= 11 is 0. The van der Waals surface area contributed by atoms with E-state index >= 15 is 0 Å². The molecule has 7 heteroatoms. The van der Waals surface area contributed by atoms with Gasteiger partial charge < -0.3 is 15.2 Å². The lowest BCUT2D eigenvalue weighted by molar-refractivity contribution is 0.371. The summed E-state index contributed by atoms with van der Waals surface area (Å²) in [7, 11) is 0. The van der Waals surface area contributed by atoms with Crippen molar-refractivity contribution in [3.05, 3.63) is 11.7 Å². The van der Waals surface area contributed by atoms with Crippen molar-refractivity contribution in [2.45, 2.75) is 46.5 Å². The highest BCUT2D eigenvalue weighted by atomic mass is 127. The average molecular weight is 395 g/mol. The van der Waals surface area contributed by atoms with E-state index in [1.165, 1.54) is 0 Å². The third-order valence-electron chi connectivity index (χ3n) is 2.47. The van der Waals surface area contributed by atoms with Gasteiger partial charge in [0, 0.05) is 32.0 Å². The first-order valence-corrected chi connectivity index (χ1v) is 7.02. The Morgan fingerprint density at radius 2 is 2.05 bits per heavy atom. The summed E-state index contributed by atoms with van der Waals surface area (Å²) in [5, 5.41) is 10.4. The number of hydrogen-bond acceptors (Lipinski definition) is 4. The highest BCUT2D eigenvalue weighted by Crippen LogP contribution is 2.09. The Morgan fingerprint density at radius 1 is 1.30 bits per heavy atom. The number of nitrogens with one attached hydrogen (secondary N) is 2. The first-order valence-electron chi connectivity index (χ1n) is 7.02. The molecule has 0 aliphatic carbocycles. The third kappa shape index (κ3) is 7.06. The molecule has 116 valence electrons. The summed E-state index contributed by atoms with van der Waals surface area (Å²) in [6.07, 6.45) is 1.74. The first kappa shape index (κ1) is 19.1. The molecule has 1 rings (SSSR count). The summed E-state index contributed by atoms with van der Waals surface area (Å²) in [6.45, 7) is 10.7. The molecule has 0 amide bonds. The van der Waals surface area contributed by atoms with Crippen LogP contribution < -0.4 is 10.6 Å². The van der Waals surface area contributed by atoms with Crippen molar-refractivity contribution in [3.8, 4) is 0 Å². The maximum Gasteiger partial charge on any atom is 0.228 e. The minimum atomic E-state index is 0. The second kappa shape index (κ2) is 10.9. The van der Waals surface area contributed by atoms with E-state index < -0.39 is 0 Å². The summed E-state index contributed by atoms with van der Waals surface area (Å²) in [6, 6.07) is 0. The molecule has 1 heterocycles. The van der Waals surface area contributed by atoms with Gasteiger partial charge >= 0.3 is 0 Å². The Morgan fingerprint density at radius 3 is 2.60 bits per heavy atom. The molecule has 0 bridgehead atoms. The van der Waals surface area contributed by atoms with Crippen LogP contribution in [0, 0.1) is 0 Å². The van der Waals surface area contributed by atoms with Crippen molar-refractivity contribution in [2.75, 3.05) is 19.6 Å². The zero-order valence-electron chi connectivity index (χ0n) is 12.8. The Balaban J connectivity index is 0.00000361. The van der Waals surface area contributed by atoms with Gasteiger partial charge in [0.05, 0.1) is 0 Å². The van der Waals surface area contributed by atoms with E-state index in [4.69, 9.17) is 4.52 Å². The SMILES string of the molecule is CCCN=C(NCC)NCCc1nc(C(C)C)no1.I. The molecule has 20 heavy (non-hydrogen) atoms. The molecule has 0 radical (unpaired) electrons. The van der Waals surface area contributed by atoms with Crippen molar-refractivity contribution in [1.29, 1.82) is 0 Å². The number of aromatic nitrogens is 2. The van der Waals surface area contributed by atoms with Crippen molar-refractivity contribution in [2.24, 2.45) is 4.99 Å². The van der Waals surface area contributed by atoms with Crippen LogP contribution in [0.5, 0.6) is 0 Å². The van der Waals surface area contributed by atoms with Crippen molar-refractivity contribution < 1.29 is 4.52 Å². The topological polar surface area (TPSA) is 75.3 Å². The molecule has 0 saturated carbocycles. The van der Waals surface area contributed by atoms with Crippen molar-refractivity contribution in [3.63, 3.8) is 0 Å². The van der Waals surface area contributed by atoms with Crippen LogP contribution in [0.1, 0.15) is 51.7 Å². The van der Waals surface area contributed by atoms with Crippen LogP contribution in [0.15, 0.2) is 9.52 Å². The van der Waals surface area contributed by atoms with Crippen molar-refractivity contribution in [1.82, 2.24) is 20.8 Å². The molecule has 0 aliphatic heterocycles. The molecule has 6 nitrogen and oxygen atoms in total. The van der Waals surface area contributed by atoms with Gasteiger partial charge in [-0.05, 0) is 13.3 Å². The van der Waals surface area contributed by atoms with Gasteiger partial charge in [-0.15, -0.1) is 24.0 Å². The zero-order valence-corrected chi connectivity index (χ0v) is 15.1. The minimum Gasteiger partial charge on any atom is -0.357 e. The van der Waals surface area contributed by atoms with E-state index in [1.54, 1.807) is 0 Å².